The summed E-state index contributed by atoms with van der Waals surface area (Å²) in [5.74, 6) is -3.20. The molecule has 0 fully saturated rings. The Balaban J connectivity index is 1.61. The van der Waals surface area contributed by atoms with E-state index in [1.807, 2.05) is 0 Å². The van der Waals surface area contributed by atoms with Gasteiger partial charge in [0.1, 0.15) is 17.5 Å². The molecule has 1 atom stereocenters. The highest BCUT2D eigenvalue weighted by Crippen LogP contribution is 2.22. The number of carboxylic acids is 1. The predicted molar refractivity (Wildman–Crippen MR) is 124 cm³/mol. The highest BCUT2D eigenvalue weighted by Gasteiger charge is 2.25. The van der Waals surface area contributed by atoms with Crippen LogP contribution in [0.15, 0.2) is 47.5 Å². The Hall–Kier alpha value is -4.52. The number of carbonyl (C=O) groups excluding carboxylic acids is 3. The van der Waals surface area contributed by atoms with Crippen LogP contribution in [-0.2, 0) is 11.3 Å². The topological polar surface area (TPSA) is 191 Å². The maximum absolute atomic E-state index is 12.7. The molecule has 0 radical (unpaired) electrons. The minimum atomic E-state index is -1.46. The van der Waals surface area contributed by atoms with Gasteiger partial charge in [0.05, 0.1) is 16.0 Å². The van der Waals surface area contributed by atoms with Gasteiger partial charge in [0.2, 0.25) is 0 Å². The summed E-state index contributed by atoms with van der Waals surface area (Å²) >= 11 is 0.893. The van der Waals surface area contributed by atoms with Gasteiger partial charge in [-0.2, -0.15) is 0 Å². The van der Waals surface area contributed by atoms with Crippen LogP contribution < -0.4 is 21.5 Å². The van der Waals surface area contributed by atoms with Crippen molar-refractivity contribution in [1.29, 1.82) is 0 Å². The van der Waals surface area contributed by atoms with Crippen LogP contribution in [0.1, 0.15) is 41.0 Å². The van der Waals surface area contributed by atoms with Crippen molar-refractivity contribution in [2.45, 2.75) is 19.5 Å². The van der Waals surface area contributed by atoms with E-state index in [1.165, 1.54) is 18.2 Å². The van der Waals surface area contributed by atoms with E-state index >= 15 is 0 Å². The number of amides is 3. The number of rotatable bonds is 9. The molecule has 0 aliphatic heterocycles. The van der Waals surface area contributed by atoms with Crippen LogP contribution in [0.4, 0.5) is 0 Å². The highest BCUT2D eigenvalue weighted by atomic mass is 32.1. The number of aromatic amines is 1. The third-order valence-corrected chi connectivity index (χ3v) is 5.92. The number of thiophene rings is 1. The van der Waals surface area contributed by atoms with Gasteiger partial charge in [0.25, 0.3) is 23.3 Å². The zero-order valence-electron chi connectivity index (χ0n) is 18.3. The van der Waals surface area contributed by atoms with Crippen molar-refractivity contribution < 1.29 is 29.4 Å². The monoisotopic (exact) mass is 499 g/mol. The van der Waals surface area contributed by atoms with Crippen molar-refractivity contribution in [3.63, 3.8) is 0 Å². The summed E-state index contributed by atoms with van der Waals surface area (Å²) in [6.07, 6.45) is 1.98. The molecule has 0 unspecified atom stereocenters. The average Bonchev–Trinajstić information content (AvgIpc) is 3.22. The normalized spacial score (nSPS) is 11.3. The van der Waals surface area contributed by atoms with Crippen LogP contribution in [0.2, 0.25) is 0 Å². The highest BCUT2D eigenvalue weighted by molar-refractivity contribution is 7.16. The minimum absolute atomic E-state index is 0.0711. The van der Waals surface area contributed by atoms with Crippen LogP contribution in [0.3, 0.4) is 0 Å². The molecule has 0 bridgehead atoms. The van der Waals surface area contributed by atoms with E-state index in [-0.39, 0.29) is 27.7 Å². The number of phenolic OH excluding ortho intramolecular Hbond substituents is 1. The third-order valence-electron chi connectivity index (χ3n) is 4.69. The number of aromatic hydroxyl groups is 1. The fourth-order valence-electron chi connectivity index (χ4n) is 2.93. The first kappa shape index (κ1) is 25.1. The maximum Gasteiger partial charge on any atom is 0.328 e. The molecule has 12 nitrogen and oxygen atoms in total. The molecular formula is C22H21N5O7S. The quantitative estimate of drug-likeness (QED) is 0.243. The van der Waals surface area contributed by atoms with Gasteiger partial charge >= 0.3 is 5.97 Å². The first-order valence-electron chi connectivity index (χ1n) is 10.2. The van der Waals surface area contributed by atoms with E-state index in [0.717, 1.165) is 23.7 Å². The van der Waals surface area contributed by atoms with Gasteiger partial charge in [-0.25, -0.2) is 9.78 Å². The summed E-state index contributed by atoms with van der Waals surface area (Å²) in [6.45, 7) is 1.33. The zero-order chi connectivity index (χ0) is 25.5. The van der Waals surface area contributed by atoms with E-state index in [0.29, 0.717) is 11.1 Å². The Bertz CT molecular complexity index is 1310. The number of carbonyl (C=O) groups is 4. The lowest BCUT2D eigenvalue weighted by Crippen LogP contribution is -2.48. The Kier molecular flexibility index (Phi) is 7.94. The molecule has 2 heterocycles. The summed E-state index contributed by atoms with van der Waals surface area (Å²) in [4.78, 5) is 66.2. The maximum atomic E-state index is 12.7. The van der Waals surface area contributed by atoms with E-state index in [9.17, 15) is 34.2 Å². The molecule has 3 aromatic rings. The number of benzene rings is 1. The number of aliphatic carboxylic acids is 1. The summed E-state index contributed by atoms with van der Waals surface area (Å²) < 4.78 is 0. The van der Waals surface area contributed by atoms with E-state index < -0.39 is 41.8 Å². The molecule has 13 heteroatoms. The second-order valence-corrected chi connectivity index (χ2v) is 8.40. The number of nitrogens with one attached hydrogen (secondary N) is 4. The fraction of sp³-hybridized carbons (Fsp3) is 0.182. The van der Waals surface area contributed by atoms with Gasteiger partial charge in [0.15, 0.2) is 0 Å². The van der Waals surface area contributed by atoms with Crippen molar-refractivity contribution in [2.75, 3.05) is 6.54 Å². The number of H-pyrrole nitrogens is 1. The van der Waals surface area contributed by atoms with Crippen LogP contribution in [0.5, 0.6) is 5.75 Å². The molecule has 6 N–H and O–H groups in total. The standard InChI is InChI=1S/C22H21N5O7S/c1-11-5-16(20(31)25-7-12-3-2-4-13(28)6-12)35-18(11)21(32)27-15(22(33)34)9-26-19(30)14-8-24-17(29)10-23-14/h2-6,8,10,15,28H,7,9H2,1H3,(H,24,29)(H,25,31)(H,26,30)(H,27,32)(H,33,34)/t15-/m0/s1. The fourth-order valence-corrected chi connectivity index (χ4v) is 3.92. The molecule has 35 heavy (non-hydrogen) atoms. The van der Waals surface area contributed by atoms with Crippen molar-refractivity contribution >= 4 is 35.0 Å². The molecule has 2 aromatic heterocycles. The van der Waals surface area contributed by atoms with Gasteiger partial charge < -0.3 is 31.1 Å². The minimum Gasteiger partial charge on any atom is -0.508 e. The van der Waals surface area contributed by atoms with Crippen LogP contribution >= 0.6 is 11.3 Å². The van der Waals surface area contributed by atoms with Gasteiger partial charge in [-0.15, -0.1) is 11.3 Å². The second kappa shape index (κ2) is 11.1. The first-order valence-corrected chi connectivity index (χ1v) is 11.0. The number of aromatic nitrogens is 2. The molecule has 182 valence electrons. The molecule has 0 aliphatic carbocycles. The van der Waals surface area contributed by atoms with Crippen molar-refractivity contribution in [2.24, 2.45) is 0 Å². The Morgan fingerprint density at radius 1 is 1.11 bits per heavy atom. The third kappa shape index (κ3) is 6.74. The van der Waals surface area contributed by atoms with E-state index in [1.54, 1.807) is 19.1 Å². The van der Waals surface area contributed by atoms with E-state index in [2.05, 4.69) is 25.9 Å². The molecule has 0 saturated carbocycles. The average molecular weight is 500 g/mol. The number of nitrogens with zero attached hydrogens (tertiary/aromatic N) is 1. The molecule has 0 aliphatic rings. The lowest BCUT2D eigenvalue weighted by Gasteiger charge is -2.15. The van der Waals surface area contributed by atoms with Crippen molar-refractivity contribution in [3.8, 4) is 5.75 Å². The molecular weight excluding hydrogens is 478 g/mol. The lowest BCUT2D eigenvalue weighted by atomic mass is 10.2. The van der Waals surface area contributed by atoms with Crippen molar-refractivity contribution in [3.05, 3.63) is 79.7 Å². The smallest absolute Gasteiger partial charge is 0.328 e. The predicted octanol–water partition coefficient (Wildman–Crippen LogP) is 0.388. The number of hydrogen-bond donors (Lipinski definition) is 6. The Morgan fingerprint density at radius 2 is 1.89 bits per heavy atom. The summed E-state index contributed by atoms with van der Waals surface area (Å²) in [5.41, 5.74) is 0.528. The van der Waals surface area contributed by atoms with Crippen LogP contribution in [0.25, 0.3) is 0 Å². The molecule has 0 spiro atoms. The Morgan fingerprint density at radius 3 is 2.54 bits per heavy atom. The number of phenols is 1. The SMILES string of the molecule is Cc1cc(C(=O)NCc2cccc(O)c2)sc1C(=O)N[C@@H](CNC(=O)c1c[nH]c(=O)cn1)C(=O)O. The number of hydrogen-bond acceptors (Lipinski definition) is 8. The van der Waals surface area contributed by atoms with Crippen LogP contribution in [0, 0.1) is 6.92 Å². The van der Waals surface area contributed by atoms with Gasteiger partial charge in [-0.1, -0.05) is 12.1 Å². The van der Waals surface area contributed by atoms with E-state index in [4.69, 9.17) is 0 Å². The van der Waals surface area contributed by atoms with Gasteiger partial charge in [-0.05, 0) is 36.2 Å². The largest absolute Gasteiger partial charge is 0.508 e. The summed E-state index contributed by atoms with van der Waals surface area (Å²) in [7, 11) is 0. The molecule has 0 saturated heterocycles. The second-order valence-electron chi connectivity index (χ2n) is 7.35. The Labute approximate surface area is 202 Å². The lowest BCUT2D eigenvalue weighted by molar-refractivity contribution is -0.139. The summed E-state index contributed by atoms with van der Waals surface area (Å²) in [6, 6.07) is 6.45. The van der Waals surface area contributed by atoms with Gasteiger partial charge in [-0.3, -0.25) is 19.2 Å². The zero-order valence-corrected chi connectivity index (χ0v) is 19.1. The molecule has 3 amide bonds. The van der Waals surface area contributed by atoms with Gasteiger partial charge in [0, 0.05) is 19.3 Å². The molecule has 1 aromatic carbocycles. The molecule has 3 rings (SSSR count). The first-order chi connectivity index (χ1) is 16.6. The number of aryl methyl sites for hydroxylation is 1. The number of carboxylic acid groups (broad SMARTS) is 1. The van der Waals surface area contributed by atoms with Crippen molar-refractivity contribution in [1.82, 2.24) is 25.9 Å². The van der Waals surface area contributed by atoms with Crippen LogP contribution in [-0.4, -0.2) is 56.5 Å². The summed E-state index contributed by atoms with van der Waals surface area (Å²) in [5, 5.41) is 26.3.